The molecule has 100 valence electrons. The van der Waals surface area contributed by atoms with E-state index < -0.39 is 0 Å². The van der Waals surface area contributed by atoms with Gasteiger partial charge in [0.25, 0.3) is 5.91 Å². The maximum absolute atomic E-state index is 11.7. The molecule has 4 nitrogen and oxygen atoms in total. The molecule has 0 saturated heterocycles. The summed E-state index contributed by atoms with van der Waals surface area (Å²) in [6.07, 6.45) is 0.781. The van der Waals surface area contributed by atoms with Gasteiger partial charge in [-0.3, -0.25) is 4.79 Å². The van der Waals surface area contributed by atoms with Gasteiger partial charge in [0.05, 0.1) is 3.57 Å². The Balaban J connectivity index is 2.30. The predicted molar refractivity (Wildman–Crippen MR) is 82.2 cm³/mol. The normalized spacial score (nSPS) is 10.3. The molecule has 0 saturated carbocycles. The second kappa shape index (κ2) is 8.60. The molecule has 0 aliphatic rings. The van der Waals surface area contributed by atoms with Crippen LogP contribution in [0.15, 0.2) is 18.2 Å². The minimum Gasteiger partial charge on any atom is -0.507 e. The van der Waals surface area contributed by atoms with Crippen LogP contribution in [0.2, 0.25) is 0 Å². The van der Waals surface area contributed by atoms with Crippen molar-refractivity contribution in [1.29, 1.82) is 0 Å². The zero-order chi connectivity index (χ0) is 13.4. The van der Waals surface area contributed by atoms with Crippen molar-refractivity contribution in [2.24, 2.45) is 0 Å². The molecule has 0 unspecified atom stereocenters. The van der Waals surface area contributed by atoms with Gasteiger partial charge in [-0.05, 0) is 53.0 Å². The molecule has 18 heavy (non-hydrogen) atoms. The number of carbonyl (C=O) groups is 1. The highest BCUT2D eigenvalue weighted by molar-refractivity contribution is 14.1. The third-order valence-electron chi connectivity index (χ3n) is 2.19. The van der Waals surface area contributed by atoms with Crippen LogP contribution in [0.25, 0.3) is 0 Å². The number of halogens is 1. The van der Waals surface area contributed by atoms with Gasteiger partial charge in [0.1, 0.15) is 5.75 Å². The lowest BCUT2D eigenvalue weighted by atomic mass is 10.2. The Labute approximate surface area is 124 Å². The molecule has 1 aromatic rings. The van der Waals surface area contributed by atoms with E-state index in [0.29, 0.717) is 12.1 Å². The van der Waals surface area contributed by atoms with Crippen molar-refractivity contribution in [3.8, 4) is 5.75 Å². The van der Waals surface area contributed by atoms with E-state index in [1.165, 1.54) is 6.07 Å². The van der Waals surface area contributed by atoms with Gasteiger partial charge >= 0.3 is 0 Å². The Bertz CT molecular complexity index is 401. The van der Waals surface area contributed by atoms with E-state index >= 15 is 0 Å². The van der Waals surface area contributed by atoms with Crippen LogP contribution in [-0.2, 0) is 0 Å². The molecule has 1 amide bonds. The molecule has 6 heteroatoms. The third kappa shape index (κ3) is 5.45. The Morgan fingerprint density at radius 1 is 1.39 bits per heavy atom. The van der Waals surface area contributed by atoms with Crippen LogP contribution >= 0.6 is 34.4 Å². The first-order valence-electron chi connectivity index (χ1n) is 5.60. The standard InChI is InChI=1S/C12H16INO3S/c13-10-3-2-9(8-11(10)16)12(17)14-4-7-18-6-1-5-15/h2-3,8,15-16H,1,4-7H2,(H,14,17). The lowest BCUT2D eigenvalue weighted by Crippen LogP contribution is -2.25. The van der Waals surface area contributed by atoms with Crippen molar-refractivity contribution in [2.45, 2.75) is 6.42 Å². The maximum Gasteiger partial charge on any atom is 0.251 e. The van der Waals surface area contributed by atoms with Gasteiger partial charge in [0.2, 0.25) is 0 Å². The van der Waals surface area contributed by atoms with Crippen molar-refractivity contribution in [1.82, 2.24) is 5.32 Å². The summed E-state index contributed by atoms with van der Waals surface area (Å²) >= 11 is 3.70. The predicted octanol–water partition coefficient (Wildman–Crippen LogP) is 1.84. The monoisotopic (exact) mass is 381 g/mol. The van der Waals surface area contributed by atoms with Gasteiger partial charge in [-0.1, -0.05) is 0 Å². The van der Waals surface area contributed by atoms with E-state index in [2.05, 4.69) is 5.32 Å². The summed E-state index contributed by atoms with van der Waals surface area (Å²) in [5.74, 6) is 1.67. The number of nitrogens with one attached hydrogen (secondary N) is 1. The van der Waals surface area contributed by atoms with Crippen LogP contribution in [0.4, 0.5) is 0 Å². The van der Waals surface area contributed by atoms with E-state index in [-0.39, 0.29) is 18.3 Å². The Morgan fingerprint density at radius 3 is 2.83 bits per heavy atom. The summed E-state index contributed by atoms with van der Waals surface area (Å²) in [5, 5.41) is 20.9. The van der Waals surface area contributed by atoms with Crippen LogP contribution in [0.5, 0.6) is 5.75 Å². The van der Waals surface area contributed by atoms with E-state index in [4.69, 9.17) is 5.11 Å². The lowest BCUT2D eigenvalue weighted by molar-refractivity contribution is 0.0955. The maximum atomic E-state index is 11.7. The Kier molecular flexibility index (Phi) is 7.45. The molecule has 0 aliphatic heterocycles. The lowest BCUT2D eigenvalue weighted by Gasteiger charge is -2.06. The molecule has 0 fully saturated rings. The van der Waals surface area contributed by atoms with Gasteiger partial charge < -0.3 is 15.5 Å². The van der Waals surface area contributed by atoms with Crippen molar-refractivity contribution in [2.75, 3.05) is 24.7 Å². The van der Waals surface area contributed by atoms with Gasteiger partial charge in [-0.25, -0.2) is 0 Å². The van der Waals surface area contributed by atoms with Crippen LogP contribution in [0.3, 0.4) is 0 Å². The topological polar surface area (TPSA) is 69.6 Å². The molecule has 0 spiro atoms. The fraction of sp³-hybridized carbons (Fsp3) is 0.417. The number of hydrogen-bond acceptors (Lipinski definition) is 4. The second-order valence-electron chi connectivity index (χ2n) is 3.61. The minimum absolute atomic E-state index is 0.126. The number of phenolic OH excluding ortho intramolecular Hbond substituents is 1. The van der Waals surface area contributed by atoms with Gasteiger partial charge in [0, 0.05) is 24.5 Å². The number of aromatic hydroxyl groups is 1. The average molecular weight is 381 g/mol. The molecule has 0 bridgehead atoms. The number of aliphatic hydroxyl groups excluding tert-OH is 1. The summed E-state index contributed by atoms with van der Waals surface area (Å²) in [6.45, 7) is 0.795. The van der Waals surface area contributed by atoms with E-state index in [1.54, 1.807) is 23.9 Å². The van der Waals surface area contributed by atoms with E-state index in [9.17, 15) is 9.90 Å². The van der Waals surface area contributed by atoms with Crippen molar-refractivity contribution < 1.29 is 15.0 Å². The molecule has 1 rings (SSSR count). The first-order valence-corrected chi connectivity index (χ1v) is 7.84. The van der Waals surface area contributed by atoms with Gasteiger partial charge in [-0.2, -0.15) is 11.8 Å². The fourth-order valence-electron chi connectivity index (χ4n) is 1.26. The van der Waals surface area contributed by atoms with Crippen LogP contribution in [0.1, 0.15) is 16.8 Å². The number of thioether (sulfide) groups is 1. The van der Waals surface area contributed by atoms with Crippen molar-refractivity contribution >= 4 is 40.3 Å². The largest absolute Gasteiger partial charge is 0.507 e. The number of rotatable bonds is 7. The van der Waals surface area contributed by atoms with E-state index in [1.807, 2.05) is 22.6 Å². The van der Waals surface area contributed by atoms with Crippen LogP contribution < -0.4 is 5.32 Å². The quantitative estimate of drug-likeness (QED) is 0.498. The van der Waals surface area contributed by atoms with Crippen molar-refractivity contribution in [3.05, 3.63) is 27.3 Å². The highest BCUT2D eigenvalue weighted by atomic mass is 127. The molecular formula is C12H16INO3S. The molecule has 3 N–H and O–H groups in total. The number of phenols is 1. The Hall–Kier alpha value is -0.470. The average Bonchev–Trinajstić information content (AvgIpc) is 2.36. The number of hydrogen-bond donors (Lipinski definition) is 3. The molecule has 0 atom stereocenters. The summed E-state index contributed by atoms with van der Waals surface area (Å²) in [4.78, 5) is 11.7. The zero-order valence-corrected chi connectivity index (χ0v) is 12.8. The highest BCUT2D eigenvalue weighted by Gasteiger charge is 2.07. The van der Waals surface area contributed by atoms with Crippen LogP contribution in [-0.4, -0.2) is 40.8 Å². The molecule has 0 radical (unpaired) electrons. The number of benzene rings is 1. The molecule has 0 heterocycles. The SMILES string of the molecule is O=C(NCCSCCCO)c1ccc(I)c(O)c1. The molecular weight excluding hydrogens is 365 g/mol. The van der Waals surface area contributed by atoms with E-state index in [0.717, 1.165) is 21.5 Å². The minimum atomic E-state index is -0.176. The zero-order valence-electron chi connectivity index (χ0n) is 9.86. The second-order valence-corrected chi connectivity index (χ2v) is 6.00. The van der Waals surface area contributed by atoms with Crippen LogP contribution in [0, 0.1) is 3.57 Å². The Morgan fingerprint density at radius 2 is 2.17 bits per heavy atom. The molecule has 1 aromatic carbocycles. The smallest absolute Gasteiger partial charge is 0.251 e. The number of amides is 1. The summed E-state index contributed by atoms with van der Waals surface area (Å²) in [7, 11) is 0. The van der Waals surface area contributed by atoms with Crippen molar-refractivity contribution in [3.63, 3.8) is 0 Å². The summed E-state index contributed by atoms with van der Waals surface area (Å²) in [5.41, 5.74) is 0.466. The van der Waals surface area contributed by atoms with Gasteiger partial charge in [0.15, 0.2) is 0 Å². The summed E-state index contributed by atoms with van der Waals surface area (Å²) in [6, 6.07) is 4.87. The molecule has 0 aromatic heterocycles. The van der Waals surface area contributed by atoms with Gasteiger partial charge in [-0.15, -0.1) is 0 Å². The first-order chi connectivity index (χ1) is 8.65. The number of carbonyl (C=O) groups excluding carboxylic acids is 1. The molecule has 0 aliphatic carbocycles. The highest BCUT2D eigenvalue weighted by Crippen LogP contribution is 2.20. The fourth-order valence-corrected chi connectivity index (χ4v) is 2.38. The first kappa shape index (κ1) is 15.6. The summed E-state index contributed by atoms with van der Waals surface area (Å²) < 4.78 is 0.726. The third-order valence-corrected chi connectivity index (χ3v) is 4.17. The number of aliphatic hydroxyl groups is 1.